The molecule has 0 aromatic heterocycles. The molecule has 0 saturated carbocycles. The average molecular weight is 286 g/mol. The van der Waals surface area contributed by atoms with Gasteiger partial charge in [-0.15, -0.1) is 0 Å². The van der Waals surface area contributed by atoms with Gasteiger partial charge in [0.25, 0.3) is 0 Å². The Bertz CT molecular complexity index is 398. The Labute approximate surface area is 102 Å². The van der Waals surface area contributed by atoms with Crippen molar-refractivity contribution in [2.75, 3.05) is 25.1 Å². The van der Waals surface area contributed by atoms with Gasteiger partial charge in [0, 0.05) is 4.47 Å². The van der Waals surface area contributed by atoms with Crippen molar-refractivity contribution in [3.8, 4) is 0 Å². The van der Waals surface area contributed by atoms with E-state index in [1.165, 1.54) is 0 Å². The van der Waals surface area contributed by atoms with Crippen LogP contribution in [-0.2, 0) is 9.53 Å². The molecule has 1 aliphatic heterocycles. The van der Waals surface area contributed by atoms with Crippen LogP contribution in [0.2, 0.25) is 0 Å². The molecule has 1 saturated heterocycles. The second kappa shape index (κ2) is 4.53. The second-order valence-electron chi connectivity index (χ2n) is 3.87. The molecule has 1 heterocycles. The number of nitrogens with one attached hydrogen (secondary N) is 1. The van der Waals surface area contributed by atoms with Gasteiger partial charge < -0.3 is 15.2 Å². The Hall–Kier alpha value is -0.910. The largest absolute Gasteiger partial charge is 0.395 e. The van der Waals surface area contributed by atoms with Crippen LogP contribution in [0, 0.1) is 5.41 Å². The standard InChI is InChI=1S/C11H12BrNO3/c12-8-3-1-2-4-9(8)13-10(15)11(5-14)6-16-7-11/h1-4,14H,5-7H2,(H,13,15). The summed E-state index contributed by atoms with van der Waals surface area (Å²) in [5.41, 5.74) is -0.0674. The molecule has 86 valence electrons. The molecule has 0 spiro atoms. The fraction of sp³-hybridized carbons (Fsp3) is 0.364. The van der Waals surface area contributed by atoms with Crippen molar-refractivity contribution < 1.29 is 14.6 Å². The lowest BCUT2D eigenvalue weighted by molar-refractivity contribution is -0.164. The van der Waals surface area contributed by atoms with Crippen LogP contribution in [0.15, 0.2) is 28.7 Å². The van der Waals surface area contributed by atoms with Gasteiger partial charge in [-0.3, -0.25) is 4.79 Å². The maximum absolute atomic E-state index is 11.9. The monoisotopic (exact) mass is 285 g/mol. The minimum atomic E-state index is -0.769. The van der Waals surface area contributed by atoms with E-state index in [1.807, 2.05) is 18.2 Å². The summed E-state index contributed by atoms with van der Waals surface area (Å²) in [6, 6.07) is 7.35. The van der Waals surface area contributed by atoms with Crippen LogP contribution in [0.3, 0.4) is 0 Å². The number of carbonyl (C=O) groups excluding carboxylic acids is 1. The highest BCUT2D eigenvalue weighted by atomic mass is 79.9. The van der Waals surface area contributed by atoms with Crippen molar-refractivity contribution >= 4 is 27.5 Å². The molecular formula is C11H12BrNO3. The molecule has 1 aromatic carbocycles. The van der Waals surface area contributed by atoms with Gasteiger partial charge in [0.2, 0.25) is 5.91 Å². The molecule has 2 rings (SSSR count). The van der Waals surface area contributed by atoms with E-state index in [-0.39, 0.29) is 25.7 Å². The summed E-state index contributed by atoms with van der Waals surface area (Å²) in [5.74, 6) is -0.201. The van der Waals surface area contributed by atoms with Gasteiger partial charge in [-0.25, -0.2) is 0 Å². The van der Waals surface area contributed by atoms with Gasteiger partial charge in [-0.05, 0) is 28.1 Å². The summed E-state index contributed by atoms with van der Waals surface area (Å²) < 4.78 is 5.80. The number of hydrogen-bond donors (Lipinski definition) is 2. The predicted octanol–water partition coefficient (Wildman–Crippen LogP) is 1.40. The maximum atomic E-state index is 11.9. The first kappa shape index (κ1) is 11.6. The summed E-state index contributed by atoms with van der Waals surface area (Å²) in [5, 5.41) is 12.0. The third-order valence-electron chi connectivity index (χ3n) is 2.66. The third kappa shape index (κ3) is 1.98. The number of benzene rings is 1. The van der Waals surface area contributed by atoms with Crippen LogP contribution in [0.25, 0.3) is 0 Å². The normalized spacial score (nSPS) is 17.6. The molecule has 4 nitrogen and oxygen atoms in total. The number of rotatable bonds is 3. The van der Waals surface area contributed by atoms with Crippen LogP contribution in [0.4, 0.5) is 5.69 Å². The van der Waals surface area contributed by atoms with Crippen molar-refractivity contribution in [3.63, 3.8) is 0 Å². The number of aliphatic hydroxyl groups excluding tert-OH is 1. The van der Waals surface area contributed by atoms with Crippen molar-refractivity contribution in [1.29, 1.82) is 0 Å². The number of carbonyl (C=O) groups is 1. The lowest BCUT2D eigenvalue weighted by atomic mass is 9.86. The lowest BCUT2D eigenvalue weighted by Gasteiger charge is -2.38. The zero-order valence-electron chi connectivity index (χ0n) is 8.57. The molecule has 1 aliphatic rings. The second-order valence-corrected chi connectivity index (χ2v) is 4.72. The van der Waals surface area contributed by atoms with Gasteiger partial charge in [0.05, 0.1) is 25.5 Å². The molecule has 5 heteroatoms. The average Bonchev–Trinajstić information content (AvgIpc) is 2.21. The quantitative estimate of drug-likeness (QED) is 0.883. The topological polar surface area (TPSA) is 58.6 Å². The molecule has 1 aromatic rings. The molecule has 0 atom stereocenters. The number of hydrogen-bond acceptors (Lipinski definition) is 3. The zero-order valence-corrected chi connectivity index (χ0v) is 10.2. The van der Waals surface area contributed by atoms with Crippen molar-refractivity contribution in [1.82, 2.24) is 0 Å². The molecule has 1 fully saturated rings. The van der Waals surface area contributed by atoms with Crippen molar-refractivity contribution in [3.05, 3.63) is 28.7 Å². The molecule has 0 unspecified atom stereocenters. The first-order chi connectivity index (χ1) is 7.68. The van der Waals surface area contributed by atoms with E-state index in [0.29, 0.717) is 5.69 Å². The number of halogens is 1. The highest BCUT2D eigenvalue weighted by Crippen LogP contribution is 2.30. The minimum absolute atomic E-state index is 0.191. The van der Waals surface area contributed by atoms with Crippen LogP contribution >= 0.6 is 15.9 Å². The molecule has 16 heavy (non-hydrogen) atoms. The minimum Gasteiger partial charge on any atom is -0.395 e. The highest BCUT2D eigenvalue weighted by Gasteiger charge is 2.45. The lowest BCUT2D eigenvalue weighted by Crippen LogP contribution is -2.54. The van der Waals surface area contributed by atoms with Gasteiger partial charge >= 0.3 is 0 Å². The van der Waals surface area contributed by atoms with Crippen molar-refractivity contribution in [2.45, 2.75) is 0 Å². The molecule has 1 amide bonds. The van der Waals surface area contributed by atoms with E-state index in [2.05, 4.69) is 21.2 Å². The Morgan fingerprint density at radius 3 is 2.69 bits per heavy atom. The summed E-state index contributed by atoms with van der Waals surface area (Å²) in [6.07, 6.45) is 0. The number of para-hydroxylation sites is 1. The SMILES string of the molecule is O=C(Nc1ccccc1Br)C1(CO)COC1. The number of anilines is 1. The van der Waals surface area contributed by atoms with Crippen LogP contribution in [0.1, 0.15) is 0 Å². The van der Waals surface area contributed by atoms with Gasteiger partial charge in [0.15, 0.2) is 0 Å². The maximum Gasteiger partial charge on any atom is 0.237 e. The van der Waals surface area contributed by atoms with E-state index < -0.39 is 5.41 Å². The fourth-order valence-electron chi connectivity index (χ4n) is 1.46. The zero-order chi connectivity index (χ0) is 11.6. The van der Waals surface area contributed by atoms with Crippen LogP contribution < -0.4 is 5.32 Å². The number of aliphatic hydroxyl groups is 1. The summed E-state index contributed by atoms with van der Waals surface area (Å²) in [6.45, 7) is 0.364. The van der Waals surface area contributed by atoms with Crippen LogP contribution in [-0.4, -0.2) is 30.8 Å². The molecule has 0 bridgehead atoms. The highest BCUT2D eigenvalue weighted by molar-refractivity contribution is 9.10. The van der Waals surface area contributed by atoms with Crippen molar-refractivity contribution in [2.24, 2.45) is 5.41 Å². The van der Waals surface area contributed by atoms with E-state index in [0.717, 1.165) is 4.47 Å². The molecular weight excluding hydrogens is 274 g/mol. The molecule has 2 N–H and O–H groups in total. The summed E-state index contributed by atoms with van der Waals surface area (Å²) in [7, 11) is 0. The summed E-state index contributed by atoms with van der Waals surface area (Å²) >= 11 is 3.34. The Kier molecular flexibility index (Phi) is 3.28. The number of ether oxygens (including phenoxy) is 1. The predicted molar refractivity (Wildman–Crippen MR) is 63.1 cm³/mol. The molecule has 0 aliphatic carbocycles. The van der Waals surface area contributed by atoms with E-state index in [9.17, 15) is 9.90 Å². The summed E-state index contributed by atoms with van der Waals surface area (Å²) in [4.78, 5) is 11.9. The Morgan fingerprint density at radius 1 is 1.50 bits per heavy atom. The Morgan fingerprint density at radius 2 is 2.19 bits per heavy atom. The number of amides is 1. The van der Waals surface area contributed by atoms with E-state index in [4.69, 9.17) is 4.74 Å². The smallest absolute Gasteiger partial charge is 0.237 e. The molecule has 0 radical (unpaired) electrons. The fourth-order valence-corrected chi connectivity index (χ4v) is 1.84. The third-order valence-corrected chi connectivity index (χ3v) is 3.35. The van der Waals surface area contributed by atoms with Gasteiger partial charge in [-0.2, -0.15) is 0 Å². The van der Waals surface area contributed by atoms with Gasteiger partial charge in [-0.1, -0.05) is 12.1 Å². The first-order valence-corrected chi connectivity index (χ1v) is 5.72. The van der Waals surface area contributed by atoms with Gasteiger partial charge in [0.1, 0.15) is 5.41 Å². The first-order valence-electron chi connectivity index (χ1n) is 4.92. The Balaban J connectivity index is 2.10. The van der Waals surface area contributed by atoms with Crippen LogP contribution in [0.5, 0.6) is 0 Å². The van der Waals surface area contributed by atoms with E-state index in [1.54, 1.807) is 6.07 Å². The van der Waals surface area contributed by atoms with E-state index >= 15 is 0 Å².